The van der Waals surface area contributed by atoms with Crippen molar-refractivity contribution in [2.24, 2.45) is 0 Å². The molecular weight excluding hydrogens is 250 g/mol. The lowest BCUT2D eigenvalue weighted by molar-refractivity contribution is -0.105. The third kappa shape index (κ3) is 3.61. The summed E-state index contributed by atoms with van der Waals surface area (Å²) in [6.07, 6.45) is 1.92. The van der Waals surface area contributed by atoms with E-state index in [4.69, 9.17) is 16.3 Å². The summed E-state index contributed by atoms with van der Waals surface area (Å²) in [5, 5.41) is 10.7. The van der Waals surface area contributed by atoms with E-state index in [1.807, 2.05) is 24.3 Å². The number of hydrogen-bond donors (Lipinski definition) is 1. The summed E-state index contributed by atoms with van der Waals surface area (Å²) in [6.45, 7) is 5.14. The van der Waals surface area contributed by atoms with E-state index in [1.54, 1.807) is 0 Å². The Bertz CT molecular complexity index is 374. The van der Waals surface area contributed by atoms with Crippen LogP contribution in [0.1, 0.15) is 19.8 Å². The van der Waals surface area contributed by atoms with Crippen LogP contribution in [0.25, 0.3) is 0 Å². The molecule has 100 valence electrons. The van der Waals surface area contributed by atoms with Crippen molar-refractivity contribution in [3.8, 4) is 5.75 Å². The molecule has 1 aliphatic heterocycles. The van der Waals surface area contributed by atoms with Gasteiger partial charge < -0.3 is 9.84 Å². The lowest BCUT2D eigenvalue weighted by Gasteiger charge is -2.46. The summed E-state index contributed by atoms with van der Waals surface area (Å²) in [4.78, 5) is 2.21. The summed E-state index contributed by atoms with van der Waals surface area (Å²) >= 11 is 5.80. The largest absolute Gasteiger partial charge is 0.492 e. The average molecular weight is 270 g/mol. The Morgan fingerprint density at radius 2 is 2.00 bits per heavy atom. The Hall–Kier alpha value is -0.770. The molecule has 1 N–H and O–H groups in total. The molecule has 0 unspecified atom stereocenters. The fourth-order valence-electron chi connectivity index (χ4n) is 2.39. The second kappa shape index (κ2) is 5.91. The minimum atomic E-state index is -0.449. The van der Waals surface area contributed by atoms with E-state index < -0.39 is 5.60 Å². The van der Waals surface area contributed by atoms with Crippen molar-refractivity contribution in [3.63, 3.8) is 0 Å². The van der Waals surface area contributed by atoms with E-state index in [0.29, 0.717) is 6.61 Å². The summed E-state index contributed by atoms with van der Waals surface area (Å²) in [5.41, 5.74) is -0.449. The molecule has 0 atom stereocenters. The van der Waals surface area contributed by atoms with Crippen molar-refractivity contribution in [2.75, 3.05) is 26.2 Å². The molecule has 3 nitrogen and oxygen atoms in total. The van der Waals surface area contributed by atoms with Gasteiger partial charge in [0.15, 0.2) is 0 Å². The molecule has 0 bridgehead atoms. The lowest BCUT2D eigenvalue weighted by Crippen LogP contribution is -2.62. The van der Waals surface area contributed by atoms with Crippen molar-refractivity contribution in [1.82, 2.24) is 4.90 Å². The predicted octanol–water partition coefficient (Wildman–Crippen LogP) is 2.57. The molecule has 1 saturated heterocycles. The Morgan fingerprint density at radius 3 is 2.61 bits per heavy atom. The van der Waals surface area contributed by atoms with Gasteiger partial charge in [-0.1, -0.05) is 24.9 Å². The summed E-state index contributed by atoms with van der Waals surface area (Å²) < 4.78 is 5.61. The van der Waals surface area contributed by atoms with Gasteiger partial charge in [-0.2, -0.15) is 0 Å². The fraction of sp³-hybridized carbons (Fsp3) is 0.571. The van der Waals surface area contributed by atoms with Crippen molar-refractivity contribution in [1.29, 1.82) is 0 Å². The minimum absolute atomic E-state index is 0.449. The van der Waals surface area contributed by atoms with Crippen LogP contribution in [0.2, 0.25) is 5.02 Å². The monoisotopic (exact) mass is 269 g/mol. The van der Waals surface area contributed by atoms with Crippen LogP contribution in [0.5, 0.6) is 5.75 Å². The molecule has 0 amide bonds. The van der Waals surface area contributed by atoms with E-state index in [9.17, 15) is 5.11 Å². The van der Waals surface area contributed by atoms with Crippen LogP contribution in [0, 0.1) is 0 Å². The van der Waals surface area contributed by atoms with E-state index in [1.165, 1.54) is 0 Å². The van der Waals surface area contributed by atoms with Gasteiger partial charge in [0.2, 0.25) is 0 Å². The van der Waals surface area contributed by atoms with Gasteiger partial charge >= 0.3 is 0 Å². The fourth-order valence-corrected chi connectivity index (χ4v) is 2.52. The number of benzene rings is 1. The smallest absolute Gasteiger partial charge is 0.119 e. The SMILES string of the molecule is CCCC1(O)CN(CCOc2ccc(Cl)cc2)C1. The molecule has 0 saturated carbocycles. The predicted molar refractivity (Wildman–Crippen MR) is 73.2 cm³/mol. The first-order valence-electron chi connectivity index (χ1n) is 6.44. The number of β-amino-alcohol motifs (C(OH)–C–C–N with tert-alkyl or cyclic N) is 1. The molecule has 1 fully saturated rings. The molecule has 1 aliphatic rings. The summed E-state index contributed by atoms with van der Waals surface area (Å²) in [6, 6.07) is 7.37. The van der Waals surface area contributed by atoms with Gasteiger partial charge in [-0.3, -0.25) is 4.90 Å². The highest BCUT2D eigenvalue weighted by Gasteiger charge is 2.39. The van der Waals surface area contributed by atoms with Crippen LogP contribution < -0.4 is 4.74 Å². The van der Waals surface area contributed by atoms with Gasteiger partial charge in [-0.25, -0.2) is 0 Å². The Morgan fingerprint density at radius 1 is 1.33 bits per heavy atom. The third-order valence-corrected chi connectivity index (χ3v) is 3.49. The van der Waals surface area contributed by atoms with Crippen LogP contribution in [0.15, 0.2) is 24.3 Å². The van der Waals surface area contributed by atoms with Crippen LogP contribution in [0.3, 0.4) is 0 Å². The van der Waals surface area contributed by atoms with Crippen molar-refractivity contribution < 1.29 is 9.84 Å². The highest BCUT2D eigenvalue weighted by molar-refractivity contribution is 6.30. The zero-order chi connectivity index (χ0) is 13.0. The van der Waals surface area contributed by atoms with Crippen molar-refractivity contribution in [2.45, 2.75) is 25.4 Å². The molecule has 0 aromatic heterocycles. The zero-order valence-electron chi connectivity index (χ0n) is 10.7. The molecule has 1 aromatic carbocycles. The van der Waals surface area contributed by atoms with Gasteiger partial charge in [0.05, 0.1) is 5.60 Å². The molecule has 2 rings (SSSR count). The average Bonchev–Trinajstić information content (AvgIpc) is 2.30. The maximum absolute atomic E-state index is 10.0. The Balaban J connectivity index is 1.64. The lowest BCUT2D eigenvalue weighted by atomic mass is 9.89. The number of ether oxygens (including phenoxy) is 1. The van der Waals surface area contributed by atoms with E-state index in [0.717, 1.165) is 43.2 Å². The number of hydrogen-bond acceptors (Lipinski definition) is 3. The van der Waals surface area contributed by atoms with Crippen LogP contribution in [-0.4, -0.2) is 41.8 Å². The first-order chi connectivity index (χ1) is 8.61. The first-order valence-corrected chi connectivity index (χ1v) is 6.82. The molecule has 0 aliphatic carbocycles. The maximum atomic E-state index is 10.0. The van der Waals surface area contributed by atoms with Gasteiger partial charge in [0.25, 0.3) is 0 Å². The molecular formula is C14H20ClNO2. The van der Waals surface area contributed by atoms with E-state index >= 15 is 0 Å². The molecule has 4 heteroatoms. The van der Waals surface area contributed by atoms with Gasteiger partial charge in [-0.05, 0) is 30.7 Å². The standard InChI is InChI=1S/C14H20ClNO2/c1-2-7-14(17)10-16(11-14)8-9-18-13-5-3-12(15)4-6-13/h3-6,17H,2,7-11H2,1H3. The molecule has 0 radical (unpaired) electrons. The number of likely N-dealkylation sites (tertiary alicyclic amines) is 1. The first kappa shape index (κ1) is 13.7. The second-order valence-electron chi connectivity index (χ2n) is 4.99. The van der Waals surface area contributed by atoms with Gasteiger partial charge in [0.1, 0.15) is 12.4 Å². The number of rotatable bonds is 6. The van der Waals surface area contributed by atoms with Crippen molar-refractivity contribution >= 4 is 11.6 Å². The Labute approximate surface area is 113 Å². The zero-order valence-corrected chi connectivity index (χ0v) is 11.5. The number of aliphatic hydroxyl groups is 1. The van der Waals surface area contributed by atoms with E-state index in [-0.39, 0.29) is 0 Å². The minimum Gasteiger partial charge on any atom is -0.492 e. The number of nitrogens with zero attached hydrogens (tertiary/aromatic N) is 1. The highest BCUT2D eigenvalue weighted by atomic mass is 35.5. The normalized spacial score (nSPS) is 18.4. The molecule has 0 spiro atoms. The van der Waals surface area contributed by atoms with Crippen molar-refractivity contribution in [3.05, 3.63) is 29.3 Å². The topological polar surface area (TPSA) is 32.7 Å². The molecule has 1 aromatic rings. The van der Waals surface area contributed by atoms with Crippen LogP contribution in [0.4, 0.5) is 0 Å². The second-order valence-corrected chi connectivity index (χ2v) is 5.42. The summed E-state index contributed by atoms with van der Waals surface area (Å²) in [5.74, 6) is 0.837. The molecule has 1 heterocycles. The van der Waals surface area contributed by atoms with Crippen LogP contribution >= 0.6 is 11.6 Å². The number of halogens is 1. The molecule has 18 heavy (non-hydrogen) atoms. The van der Waals surface area contributed by atoms with Gasteiger partial charge in [0, 0.05) is 24.7 Å². The van der Waals surface area contributed by atoms with E-state index in [2.05, 4.69) is 11.8 Å². The maximum Gasteiger partial charge on any atom is 0.119 e. The third-order valence-electron chi connectivity index (χ3n) is 3.24. The quantitative estimate of drug-likeness (QED) is 0.862. The highest BCUT2D eigenvalue weighted by Crippen LogP contribution is 2.25. The van der Waals surface area contributed by atoms with Gasteiger partial charge in [-0.15, -0.1) is 0 Å². The Kier molecular flexibility index (Phi) is 4.49. The summed E-state index contributed by atoms with van der Waals surface area (Å²) in [7, 11) is 0. The van der Waals surface area contributed by atoms with Crippen LogP contribution in [-0.2, 0) is 0 Å².